The van der Waals surface area contributed by atoms with E-state index in [-0.39, 0.29) is 54.2 Å². The average molecular weight is 592 g/mol. The zero-order chi connectivity index (χ0) is 29.0. The molecule has 41 heavy (non-hydrogen) atoms. The van der Waals surface area contributed by atoms with Crippen molar-refractivity contribution in [1.82, 2.24) is 46.6 Å². The molecule has 6 aliphatic heterocycles. The van der Waals surface area contributed by atoms with Gasteiger partial charge in [-0.1, -0.05) is 19.9 Å². The fourth-order valence-corrected chi connectivity index (χ4v) is 8.41. The topological polar surface area (TPSA) is 107 Å². The van der Waals surface area contributed by atoms with E-state index in [9.17, 15) is 9.59 Å². The van der Waals surface area contributed by atoms with Crippen LogP contribution in [0.25, 0.3) is 0 Å². The van der Waals surface area contributed by atoms with Crippen LogP contribution in [0.2, 0.25) is 0 Å². The molecule has 4 fully saturated rings. The summed E-state index contributed by atoms with van der Waals surface area (Å²) >= 11 is 4.89. The van der Waals surface area contributed by atoms with Gasteiger partial charge in [-0.15, -0.1) is 18.2 Å². The Kier molecular flexibility index (Phi) is 8.18. The normalized spacial score (nSPS) is 41.2. The minimum atomic E-state index is -1.18. The molecule has 6 aliphatic rings. The van der Waals surface area contributed by atoms with Crippen LogP contribution in [0.15, 0.2) is 22.9 Å². The highest BCUT2D eigenvalue weighted by Crippen LogP contribution is 2.41. The van der Waals surface area contributed by atoms with Gasteiger partial charge in [-0.05, 0) is 49.5 Å². The second-order valence-corrected chi connectivity index (χ2v) is 13.5. The molecule has 4 saturated heterocycles. The van der Waals surface area contributed by atoms with Crippen molar-refractivity contribution >= 4 is 24.6 Å². The number of nitrogens with zero attached hydrogens (tertiary/aromatic N) is 4. The molecule has 13 heteroatoms. The number of urea groups is 1. The van der Waals surface area contributed by atoms with Gasteiger partial charge in [0.15, 0.2) is 0 Å². The summed E-state index contributed by atoms with van der Waals surface area (Å²) in [5.41, 5.74) is 7.10. The van der Waals surface area contributed by atoms with Gasteiger partial charge in [-0.3, -0.25) is 20.0 Å². The number of allylic oxidation sites excluding steroid dienone is 2. The maximum atomic E-state index is 16.3. The third-order valence-electron chi connectivity index (χ3n) is 10.1. The summed E-state index contributed by atoms with van der Waals surface area (Å²) in [6.07, 6.45) is 4.12. The van der Waals surface area contributed by atoms with E-state index in [0.29, 0.717) is 38.4 Å². The summed E-state index contributed by atoms with van der Waals surface area (Å²) in [6, 6.07) is -0.0578. The van der Waals surface area contributed by atoms with E-state index in [1.807, 2.05) is 21.0 Å². The van der Waals surface area contributed by atoms with Crippen molar-refractivity contribution < 1.29 is 14.0 Å². The molecule has 11 nitrogen and oxygen atoms in total. The molecule has 0 radical (unpaired) electrons. The number of carbonyl (C=O) groups is 2. The van der Waals surface area contributed by atoms with Gasteiger partial charge in [-0.2, -0.15) is 0 Å². The molecule has 2 bridgehead atoms. The van der Waals surface area contributed by atoms with Crippen LogP contribution in [0.4, 0.5) is 9.18 Å². The number of carbonyl (C=O) groups excluding carboxylic acids is 2. The first-order chi connectivity index (χ1) is 19.6. The van der Waals surface area contributed by atoms with Crippen LogP contribution in [-0.2, 0) is 4.79 Å². The van der Waals surface area contributed by atoms with Crippen molar-refractivity contribution in [2.24, 2.45) is 17.8 Å². The molecule has 228 valence electrons. The van der Waals surface area contributed by atoms with E-state index >= 15 is 4.39 Å². The van der Waals surface area contributed by atoms with Crippen LogP contribution < -0.4 is 26.9 Å². The van der Waals surface area contributed by atoms with Gasteiger partial charge in [-0.25, -0.2) is 9.18 Å². The van der Waals surface area contributed by atoms with Gasteiger partial charge < -0.3 is 25.9 Å². The van der Waals surface area contributed by atoms with Crippen molar-refractivity contribution in [1.29, 1.82) is 0 Å². The van der Waals surface area contributed by atoms with Gasteiger partial charge >= 0.3 is 6.03 Å². The van der Waals surface area contributed by atoms with E-state index in [2.05, 4.69) is 58.7 Å². The number of hydrogen-bond acceptors (Lipinski definition) is 9. The molecule has 3 amide bonds. The fraction of sp³-hybridized carbons (Fsp3) is 0.786. The summed E-state index contributed by atoms with van der Waals surface area (Å²) in [4.78, 5) is 33.6. The molecule has 5 N–H and O–H groups in total. The maximum absolute atomic E-state index is 16.3. The molecule has 0 aromatic rings. The summed E-state index contributed by atoms with van der Waals surface area (Å²) in [5.74, 6) is 0.405. The quantitative estimate of drug-likeness (QED) is 0.267. The highest BCUT2D eigenvalue weighted by Gasteiger charge is 2.56. The summed E-state index contributed by atoms with van der Waals surface area (Å²) in [6.45, 7) is 10.8. The van der Waals surface area contributed by atoms with Crippen molar-refractivity contribution in [3.63, 3.8) is 0 Å². The van der Waals surface area contributed by atoms with Crippen molar-refractivity contribution in [3.8, 4) is 0 Å². The first-order valence-corrected chi connectivity index (χ1v) is 15.7. The zero-order valence-electron chi connectivity index (χ0n) is 24.5. The minimum absolute atomic E-state index is 0.0369. The van der Waals surface area contributed by atoms with Crippen molar-refractivity contribution in [2.45, 2.75) is 96.2 Å². The van der Waals surface area contributed by atoms with E-state index in [1.165, 1.54) is 0 Å². The van der Waals surface area contributed by atoms with Crippen LogP contribution in [0.3, 0.4) is 0 Å². The Labute approximate surface area is 248 Å². The number of nitrogens with one attached hydrogen (secondary N) is 5. The largest absolute Gasteiger partial charge is 0.340 e. The third kappa shape index (κ3) is 5.32. The Bertz CT molecular complexity index is 1090. The number of fused-ring (bicyclic) bond motifs is 5. The first kappa shape index (κ1) is 29.0. The van der Waals surface area contributed by atoms with Gasteiger partial charge in [0.1, 0.15) is 12.3 Å². The molecule has 0 aromatic carbocycles. The van der Waals surface area contributed by atoms with Crippen LogP contribution in [0, 0.1) is 17.8 Å². The van der Waals surface area contributed by atoms with Gasteiger partial charge in [0, 0.05) is 57.2 Å². The van der Waals surface area contributed by atoms with Crippen molar-refractivity contribution in [2.75, 3.05) is 26.2 Å². The molecule has 0 spiro atoms. The van der Waals surface area contributed by atoms with Gasteiger partial charge in [0.2, 0.25) is 5.91 Å². The number of hydrogen-bond donors (Lipinski definition) is 6. The second-order valence-electron chi connectivity index (χ2n) is 13.0. The maximum Gasteiger partial charge on any atom is 0.320 e. The summed E-state index contributed by atoms with van der Waals surface area (Å²) in [7, 11) is 0. The average Bonchev–Trinajstić information content (AvgIpc) is 3.39. The van der Waals surface area contributed by atoms with Gasteiger partial charge in [0.25, 0.3) is 0 Å². The van der Waals surface area contributed by atoms with Crippen LogP contribution >= 0.6 is 12.6 Å². The lowest BCUT2D eigenvalue weighted by Gasteiger charge is -2.60. The number of piperazine rings is 1. The molecule has 0 aromatic heterocycles. The highest BCUT2D eigenvalue weighted by atomic mass is 32.1. The predicted octanol–water partition coefficient (Wildman–Crippen LogP) is 1.27. The molecular formula is C28H46FN9O2S. The number of amides is 3. The fourth-order valence-electron chi connectivity index (χ4n) is 8.08. The van der Waals surface area contributed by atoms with Crippen LogP contribution in [0.5, 0.6) is 0 Å². The van der Waals surface area contributed by atoms with E-state index in [4.69, 9.17) is 12.6 Å². The molecule has 0 aliphatic carbocycles. The highest BCUT2D eigenvalue weighted by molar-refractivity contribution is 7.84. The number of rotatable bonds is 2. The standard InChI is InChI=1S/C28H46FN9O2S/c1-15(2)23-24-18(7-8-30-23)11-20(41)6-5-19-13-31-34-38(19)27-22(29)12-21-25(33-28(40)37(24)26(21)32-27)36-10-9-35(17(4)39)14-16(36)3/h6,13,15-16,18,21-27,30-32,34,41H,5,7-12,14H2,1-4H3,(H,33,40)/b20-6+/t16-,18?,21?,22?,23?,24?,25?,26?,27?/m0/s1. The lowest BCUT2D eigenvalue weighted by atomic mass is 9.76. The molecular weight excluding hydrogens is 545 g/mol. The Balaban J connectivity index is 1.40. The number of halogens is 1. The minimum Gasteiger partial charge on any atom is -0.340 e. The van der Waals surface area contributed by atoms with E-state index in [0.717, 1.165) is 30.0 Å². The molecule has 6 heterocycles. The Hall–Kier alpha value is -2.06. The van der Waals surface area contributed by atoms with Crippen LogP contribution in [-0.4, -0.2) is 101 Å². The van der Waals surface area contributed by atoms with E-state index < -0.39 is 12.3 Å². The van der Waals surface area contributed by atoms with Crippen molar-refractivity contribution in [3.05, 3.63) is 22.9 Å². The number of alkyl halides is 1. The van der Waals surface area contributed by atoms with Crippen LogP contribution in [0.1, 0.15) is 53.4 Å². The lowest BCUT2D eigenvalue weighted by molar-refractivity contribution is -0.135. The number of piperidine rings is 2. The Morgan fingerprint density at radius 3 is 2.73 bits per heavy atom. The summed E-state index contributed by atoms with van der Waals surface area (Å²) in [5, 5.41) is 12.6. The number of thiol groups is 1. The monoisotopic (exact) mass is 591 g/mol. The third-order valence-corrected chi connectivity index (χ3v) is 10.5. The predicted molar refractivity (Wildman–Crippen MR) is 157 cm³/mol. The smallest absolute Gasteiger partial charge is 0.320 e. The van der Waals surface area contributed by atoms with Gasteiger partial charge in [0.05, 0.1) is 24.1 Å². The first-order valence-electron chi connectivity index (χ1n) is 15.2. The second kappa shape index (κ2) is 11.6. The molecule has 0 saturated carbocycles. The zero-order valence-corrected chi connectivity index (χ0v) is 25.4. The SMILES string of the molecule is CC(=O)N1CCN(C2NC(=O)N3C4NC(C(F)CC42)N2NNC=C2C/C=C(/S)CC2CCNC(C(C)C)C23)[C@@H](C)C1. The lowest BCUT2D eigenvalue weighted by Crippen LogP contribution is -2.80. The number of hydrazine groups is 2. The summed E-state index contributed by atoms with van der Waals surface area (Å²) < 4.78 is 16.3. The van der Waals surface area contributed by atoms with E-state index in [1.54, 1.807) is 6.92 Å². The molecule has 6 rings (SSSR count). The Morgan fingerprint density at radius 1 is 1.20 bits per heavy atom. The molecule has 8 unspecified atom stereocenters. The Morgan fingerprint density at radius 2 is 2.00 bits per heavy atom. The molecule has 9 atom stereocenters.